The number of hydrogen-bond acceptors (Lipinski definition) is 2. The zero-order valence-electron chi connectivity index (χ0n) is 11.4. The Balaban J connectivity index is 2.40. The number of nitrogens with two attached hydrogens (primary N) is 1. The molecule has 0 saturated carbocycles. The number of nitrogens with zero attached hydrogens (tertiary/aromatic N) is 1. The van der Waals surface area contributed by atoms with Crippen LogP contribution in [-0.4, -0.2) is 4.98 Å². The molecule has 3 heteroatoms. The highest BCUT2D eigenvalue weighted by molar-refractivity contribution is 9.10. The van der Waals surface area contributed by atoms with Crippen LogP contribution in [0, 0.1) is 13.8 Å². The van der Waals surface area contributed by atoms with E-state index in [9.17, 15) is 0 Å². The molecule has 0 aliphatic heterocycles. The summed E-state index contributed by atoms with van der Waals surface area (Å²) in [5.74, 6) is 0. The smallest absolute Gasteiger partial charge is 0.0875 e. The maximum Gasteiger partial charge on any atom is 0.0875 e. The predicted molar refractivity (Wildman–Crippen MR) is 88.8 cm³/mol. The maximum absolute atomic E-state index is 6.31. The molecule has 0 saturated heterocycles. The monoisotopic (exact) mass is 326 g/mol. The molecule has 1 heterocycles. The number of aromatic nitrogens is 1. The molecule has 3 aromatic rings. The van der Waals surface area contributed by atoms with Crippen molar-refractivity contribution in [3.05, 3.63) is 58.1 Å². The third-order valence-electron chi connectivity index (χ3n) is 3.63. The summed E-state index contributed by atoms with van der Waals surface area (Å²) in [7, 11) is 0. The van der Waals surface area contributed by atoms with Crippen LogP contribution >= 0.6 is 15.9 Å². The highest BCUT2D eigenvalue weighted by Crippen LogP contribution is 2.35. The molecule has 3 rings (SSSR count). The summed E-state index contributed by atoms with van der Waals surface area (Å²) < 4.78 is 1.01. The Kier molecular flexibility index (Phi) is 3.22. The molecule has 0 aliphatic carbocycles. The van der Waals surface area contributed by atoms with E-state index in [0.717, 1.165) is 43.4 Å². The van der Waals surface area contributed by atoms with Crippen molar-refractivity contribution < 1.29 is 0 Å². The Hall–Kier alpha value is -1.87. The number of hydrogen-bond donors (Lipinski definition) is 1. The molecule has 2 nitrogen and oxygen atoms in total. The lowest BCUT2D eigenvalue weighted by molar-refractivity contribution is 1.31. The molecule has 0 bridgehead atoms. The van der Waals surface area contributed by atoms with Crippen molar-refractivity contribution in [1.82, 2.24) is 4.98 Å². The first kappa shape index (κ1) is 13.1. The molecular weight excluding hydrogens is 312 g/mol. The van der Waals surface area contributed by atoms with Crippen molar-refractivity contribution in [2.45, 2.75) is 13.8 Å². The van der Waals surface area contributed by atoms with E-state index in [0.29, 0.717) is 0 Å². The minimum Gasteiger partial charge on any atom is -0.398 e. The van der Waals surface area contributed by atoms with Crippen molar-refractivity contribution in [3.63, 3.8) is 0 Å². The highest BCUT2D eigenvalue weighted by Gasteiger charge is 2.13. The molecule has 0 amide bonds. The summed E-state index contributed by atoms with van der Waals surface area (Å²) >= 11 is 3.63. The summed E-state index contributed by atoms with van der Waals surface area (Å²) in [5, 5.41) is 1.000. The summed E-state index contributed by atoms with van der Waals surface area (Å²) in [4.78, 5) is 4.84. The Labute approximate surface area is 126 Å². The van der Waals surface area contributed by atoms with Gasteiger partial charge in [0, 0.05) is 21.1 Å². The third kappa shape index (κ3) is 1.98. The summed E-state index contributed by atoms with van der Waals surface area (Å²) in [6.45, 7) is 4.08. The number of aryl methyl sites for hydroxylation is 1. The minimum atomic E-state index is 0.801. The first-order valence-corrected chi connectivity index (χ1v) is 7.29. The number of benzene rings is 2. The van der Waals surface area contributed by atoms with Gasteiger partial charge in [0.2, 0.25) is 0 Å². The van der Waals surface area contributed by atoms with Crippen LogP contribution in [0.1, 0.15) is 11.1 Å². The fourth-order valence-corrected chi connectivity index (χ4v) is 2.83. The number of fused-ring (bicyclic) bond motifs is 1. The van der Waals surface area contributed by atoms with Gasteiger partial charge in [-0.2, -0.15) is 0 Å². The van der Waals surface area contributed by atoms with Crippen molar-refractivity contribution in [2.75, 3.05) is 5.73 Å². The van der Waals surface area contributed by atoms with Gasteiger partial charge in [-0.1, -0.05) is 42.5 Å². The second-order valence-electron chi connectivity index (χ2n) is 4.96. The topological polar surface area (TPSA) is 38.9 Å². The predicted octanol–water partition coefficient (Wildman–Crippen LogP) is 4.86. The van der Waals surface area contributed by atoms with E-state index in [4.69, 9.17) is 10.7 Å². The highest BCUT2D eigenvalue weighted by atomic mass is 79.9. The quantitative estimate of drug-likeness (QED) is 0.693. The fourth-order valence-electron chi connectivity index (χ4n) is 2.39. The number of halogens is 1. The van der Waals surface area contributed by atoms with Crippen LogP contribution in [0.5, 0.6) is 0 Å². The van der Waals surface area contributed by atoms with Crippen LogP contribution < -0.4 is 5.73 Å². The van der Waals surface area contributed by atoms with E-state index < -0.39 is 0 Å². The van der Waals surface area contributed by atoms with Crippen LogP contribution in [0.15, 0.2) is 46.9 Å². The van der Waals surface area contributed by atoms with Crippen LogP contribution in [0.25, 0.3) is 22.2 Å². The molecule has 2 aromatic carbocycles. The lowest BCUT2D eigenvalue weighted by atomic mass is 10.0. The number of pyridine rings is 1. The molecule has 20 heavy (non-hydrogen) atoms. The Morgan fingerprint density at radius 3 is 2.40 bits per heavy atom. The third-order valence-corrected chi connectivity index (χ3v) is 4.63. The summed E-state index contributed by atoms with van der Waals surface area (Å²) in [5.41, 5.74) is 12.3. The molecule has 100 valence electrons. The normalized spacial score (nSPS) is 10.9. The van der Waals surface area contributed by atoms with Crippen molar-refractivity contribution in [1.29, 1.82) is 0 Å². The standard InChI is InChI=1S/C17H15BrN2/c1-10-8-9-13-15(19)11(2)16(20-17(13)14(10)18)12-6-4-3-5-7-12/h3-9H,1-2H3,(H2,19,20). The first-order valence-electron chi connectivity index (χ1n) is 6.50. The Bertz CT molecular complexity index is 795. The largest absolute Gasteiger partial charge is 0.398 e. The summed E-state index contributed by atoms with van der Waals surface area (Å²) in [6.07, 6.45) is 0. The second kappa shape index (κ2) is 4.91. The van der Waals surface area contributed by atoms with Gasteiger partial charge in [0.15, 0.2) is 0 Å². The molecule has 0 radical (unpaired) electrons. The average Bonchev–Trinajstić information content (AvgIpc) is 2.47. The minimum absolute atomic E-state index is 0.801. The van der Waals surface area contributed by atoms with Crippen LogP contribution in [0.4, 0.5) is 5.69 Å². The fraction of sp³-hybridized carbons (Fsp3) is 0.118. The number of nitrogen functional groups attached to an aromatic ring is 1. The van der Waals surface area contributed by atoms with E-state index in [2.05, 4.69) is 41.1 Å². The molecule has 0 unspecified atom stereocenters. The van der Waals surface area contributed by atoms with E-state index in [1.807, 2.05) is 31.2 Å². The Morgan fingerprint density at radius 1 is 1.00 bits per heavy atom. The van der Waals surface area contributed by atoms with Crippen molar-refractivity contribution >= 4 is 32.5 Å². The number of anilines is 1. The van der Waals surface area contributed by atoms with Crippen molar-refractivity contribution in [3.8, 4) is 11.3 Å². The first-order chi connectivity index (χ1) is 9.59. The average molecular weight is 327 g/mol. The zero-order valence-corrected chi connectivity index (χ0v) is 13.0. The molecule has 0 spiro atoms. The van der Waals surface area contributed by atoms with Gasteiger partial charge in [0.25, 0.3) is 0 Å². The lowest BCUT2D eigenvalue weighted by Gasteiger charge is -2.13. The van der Waals surface area contributed by atoms with E-state index in [1.54, 1.807) is 0 Å². The van der Waals surface area contributed by atoms with Gasteiger partial charge in [-0.3, -0.25) is 0 Å². The van der Waals surface area contributed by atoms with Gasteiger partial charge in [-0.25, -0.2) is 4.98 Å². The molecule has 1 aromatic heterocycles. The Morgan fingerprint density at radius 2 is 1.70 bits per heavy atom. The van der Waals surface area contributed by atoms with Gasteiger partial charge >= 0.3 is 0 Å². The van der Waals surface area contributed by atoms with Gasteiger partial charge in [0.05, 0.1) is 11.2 Å². The molecule has 0 atom stereocenters. The van der Waals surface area contributed by atoms with E-state index in [-0.39, 0.29) is 0 Å². The maximum atomic E-state index is 6.31. The van der Waals surface area contributed by atoms with Crippen LogP contribution in [0.2, 0.25) is 0 Å². The number of rotatable bonds is 1. The molecule has 2 N–H and O–H groups in total. The van der Waals surface area contributed by atoms with Crippen LogP contribution in [0.3, 0.4) is 0 Å². The van der Waals surface area contributed by atoms with Gasteiger partial charge in [0.1, 0.15) is 0 Å². The van der Waals surface area contributed by atoms with E-state index >= 15 is 0 Å². The lowest BCUT2D eigenvalue weighted by Crippen LogP contribution is -1.99. The van der Waals surface area contributed by atoms with Crippen molar-refractivity contribution in [2.24, 2.45) is 0 Å². The van der Waals surface area contributed by atoms with Crippen LogP contribution in [-0.2, 0) is 0 Å². The molecular formula is C17H15BrN2. The zero-order chi connectivity index (χ0) is 14.3. The second-order valence-corrected chi connectivity index (χ2v) is 5.75. The van der Waals surface area contributed by atoms with E-state index in [1.165, 1.54) is 0 Å². The van der Waals surface area contributed by atoms with Gasteiger partial charge < -0.3 is 5.73 Å². The van der Waals surface area contributed by atoms with Gasteiger partial charge in [-0.05, 0) is 40.9 Å². The van der Waals surface area contributed by atoms with Gasteiger partial charge in [-0.15, -0.1) is 0 Å². The SMILES string of the molecule is Cc1ccc2c(N)c(C)c(-c3ccccc3)nc2c1Br. The molecule has 0 aliphatic rings. The summed E-state index contributed by atoms with van der Waals surface area (Å²) in [6, 6.07) is 14.3. The molecule has 0 fully saturated rings.